The molecule has 0 aliphatic heterocycles. The summed E-state index contributed by atoms with van der Waals surface area (Å²) in [6, 6.07) is 1.55. The SMILES string of the molecule is CN(CC(C)(C)CN)c1cc(=O)[nH]c(C2CC2)n1. The summed E-state index contributed by atoms with van der Waals surface area (Å²) in [4.78, 5) is 21.0. The molecule has 2 rings (SSSR count). The fourth-order valence-corrected chi connectivity index (χ4v) is 2.00. The van der Waals surface area contributed by atoms with Crippen LogP contribution in [-0.4, -0.2) is 30.1 Å². The molecule has 0 spiro atoms. The molecule has 0 aromatic carbocycles. The number of aromatic amines is 1. The zero-order chi connectivity index (χ0) is 13.3. The fraction of sp³-hybridized carbons (Fsp3) is 0.692. The summed E-state index contributed by atoms with van der Waals surface area (Å²) < 4.78 is 0. The lowest BCUT2D eigenvalue weighted by atomic mass is 9.93. The van der Waals surface area contributed by atoms with E-state index in [1.807, 2.05) is 11.9 Å². The molecule has 0 radical (unpaired) electrons. The minimum Gasteiger partial charge on any atom is -0.359 e. The second kappa shape index (κ2) is 4.72. The lowest BCUT2D eigenvalue weighted by molar-refractivity contribution is 0.384. The molecule has 5 heteroatoms. The Morgan fingerprint density at radius 2 is 2.22 bits per heavy atom. The van der Waals surface area contributed by atoms with Crippen molar-refractivity contribution in [1.29, 1.82) is 0 Å². The highest BCUT2D eigenvalue weighted by Gasteiger charge is 2.27. The Balaban J connectivity index is 2.19. The van der Waals surface area contributed by atoms with Gasteiger partial charge in [-0.2, -0.15) is 0 Å². The van der Waals surface area contributed by atoms with Crippen LogP contribution in [-0.2, 0) is 0 Å². The average molecular weight is 250 g/mol. The van der Waals surface area contributed by atoms with Crippen LogP contribution < -0.4 is 16.2 Å². The largest absolute Gasteiger partial charge is 0.359 e. The van der Waals surface area contributed by atoms with Crippen LogP contribution in [0.4, 0.5) is 5.82 Å². The number of anilines is 1. The van der Waals surface area contributed by atoms with Crippen molar-refractivity contribution in [1.82, 2.24) is 9.97 Å². The van der Waals surface area contributed by atoms with E-state index in [0.717, 1.165) is 31.0 Å². The second-order valence-corrected chi connectivity index (χ2v) is 5.99. The van der Waals surface area contributed by atoms with Gasteiger partial charge in [-0.05, 0) is 24.8 Å². The third kappa shape index (κ3) is 3.10. The molecule has 1 aromatic heterocycles. The van der Waals surface area contributed by atoms with E-state index in [9.17, 15) is 4.79 Å². The van der Waals surface area contributed by atoms with Crippen LogP contribution in [0.2, 0.25) is 0 Å². The highest BCUT2D eigenvalue weighted by molar-refractivity contribution is 5.37. The molecular weight excluding hydrogens is 228 g/mol. The van der Waals surface area contributed by atoms with Crippen molar-refractivity contribution in [2.24, 2.45) is 11.1 Å². The smallest absolute Gasteiger partial charge is 0.252 e. The topological polar surface area (TPSA) is 75.0 Å². The molecule has 3 N–H and O–H groups in total. The van der Waals surface area contributed by atoms with Gasteiger partial charge in [0.15, 0.2) is 0 Å². The molecule has 1 saturated carbocycles. The number of aromatic nitrogens is 2. The van der Waals surface area contributed by atoms with Gasteiger partial charge in [-0.15, -0.1) is 0 Å². The molecule has 1 aliphatic carbocycles. The van der Waals surface area contributed by atoms with Crippen LogP contribution in [0, 0.1) is 5.41 Å². The summed E-state index contributed by atoms with van der Waals surface area (Å²) in [5.41, 5.74) is 5.68. The first-order chi connectivity index (χ1) is 8.41. The maximum Gasteiger partial charge on any atom is 0.252 e. The molecule has 0 amide bonds. The van der Waals surface area contributed by atoms with Gasteiger partial charge in [0.05, 0.1) is 0 Å². The third-order valence-corrected chi connectivity index (χ3v) is 3.32. The highest BCUT2D eigenvalue weighted by atomic mass is 16.1. The summed E-state index contributed by atoms with van der Waals surface area (Å²) in [5.74, 6) is 2.02. The number of rotatable bonds is 5. The van der Waals surface area contributed by atoms with Crippen molar-refractivity contribution in [3.05, 3.63) is 22.2 Å². The van der Waals surface area contributed by atoms with Crippen LogP contribution in [0.1, 0.15) is 38.4 Å². The summed E-state index contributed by atoms with van der Waals surface area (Å²) in [7, 11) is 1.95. The Hall–Kier alpha value is -1.36. The molecular formula is C13H22N4O. The molecule has 100 valence electrons. The normalized spacial score (nSPS) is 15.8. The van der Waals surface area contributed by atoms with Crippen molar-refractivity contribution in [2.45, 2.75) is 32.6 Å². The summed E-state index contributed by atoms with van der Waals surface area (Å²) in [5, 5.41) is 0. The van der Waals surface area contributed by atoms with E-state index in [2.05, 4.69) is 23.8 Å². The number of hydrogen-bond donors (Lipinski definition) is 2. The average Bonchev–Trinajstić information content (AvgIpc) is 3.11. The predicted molar refractivity (Wildman–Crippen MR) is 72.9 cm³/mol. The molecule has 18 heavy (non-hydrogen) atoms. The quantitative estimate of drug-likeness (QED) is 0.819. The Bertz CT molecular complexity index is 476. The minimum atomic E-state index is -0.0701. The van der Waals surface area contributed by atoms with Gasteiger partial charge in [-0.1, -0.05) is 13.8 Å². The van der Waals surface area contributed by atoms with Crippen molar-refractivity contribution >= 4 is 5.82 Å². The van der Waals surface area contributed by atoms with E-state index in [1.165, 1.54) is 0 Å². The van der Waals surface area contributed by atoms with Gasteiger partial charge in [0.1, 0.15) is 11.6 Å². The number of nitrogens with zero attached hydrogens (tertiary/aromatic N) is 2. The Kier molecular flexibility index (Phi) is 3.43. The monoisotopic (exact) mass is 250 g/mol. The van der Waals surface area contributed by atoms with Crippen LogP contribution in [0.25, 0.3) is 0 Å². The molecule has 1 fully saturated rings. The lowest BCUT2D eigenvalue weighted by Crippen LogP contribution is -2.37. The van der Waals surface area contributed by atoms with Crippen LogP contribution >= 0.6 is 0 Å². The number of H-pyrrole nitrogens is 1. The summed E-state index contributed by atoms with van der Waals surface area (Å²) in [6.07, 6.45) is 2.26. The van der Waals surface area contributed by atoms with Crippen molar-refractivity contribution in [3.63, 3.8) is 0 Å². The number of nitrogens with one attached hydrogen (secondary N) is 1. The minimum absolute atomic E-state index is 0.0127. The zero-order valence-electron chi connectivity index (χ0n) is 11.4. The number of nitrogens with two attached hydrogens (primary N) is 1. The molecule has 0 saturated heterocycles. The van der Waals surface area contributed by atoms with Crippen LogP contribution in [0.5, 0.6) is 0 Å². The van der Waals surface area contributed by atoms with Gasteiger partial charge in [0.2, 0.25) is 0 Å². The van der Waals surface area contributed by atoms with E-state index in [1.54, 1.807) is 6.07 Å². The van der Waals surface area contributed by atoms with E-state index in [4.69, 9.17) is 5.73 Å². The first-order valence-corrected chi connectivity index (χ1v) is 6.44. The van der Waals surface area contributed by atoms with Gasteiger partial charge in [0, 0.05) is 25.6 Å². The third-order valence-electron chi connectivity index (χ3n) is 3.32. The van der Waals surface area contributed by atoms with Gasteiger partial charge < -0.3 is 15.6 Å². The first-order valence-electron chi connectivity index (χ1n) is 6.44. The second-order valence-electron chi connectivity index (χ2n) is 5.99. The van der Waals surface area contributed by atoms with E-state index in [-0.39, 0.29) is 11.0 Å². The maximum absolute atomic E-state index is 11.6. The molecule has 0 bridgehead atoms. The van der Waals surface area contributed by atoms with Crippen molar-refractivity contribution < 1.29 is 0 Å². The summed E-state index contributed by atoms with van der Waals surface area (Å²) in [6.45, 7) is 5.61. The lowest BCUT2D eigenvalue weighted by Gasteiger charge is -2.29. The molecule has 1 aliphatic rings. The molecule has 0 unspecified atom stereocenters. The molecule has 0 atom stereocenters. The van der Waals surface area contributed by atoms with E-state index in [0.29, 0.717) is 12.5 Å². The van der Waals surface area contributed by atoms with Gasteiger partial charge >= 0.3 is 0 Å². The highest BCUT2D eigenvalue weighted by Crippen LogP contribution is 2.37. The van der Waals surface area contributed by atoms with Crippen molar-refractivity contribution in [3.8, 4) is 0 Å². The van der Waals surface area contributed by atoms with Gasteiger partial charge in [-0.3, -0.25) is 4.79 Å². The van der Waals surface area contributed by atoms with E-state index >= 15 is 0 Å². The van der Waals surface area contributed by atoms with Crippen LogP contribution in [0.15, 0.2) is 10.9 Å². The van der Waals surface area contributed by atoms with Gasteiger partial charge in [-0.25, -0.2) is 4.98 Å². The van der Waals surface area contributed by atoms with Crippen LogP contribution in [0.3, 0.4) is 0 Å². The Morgan fingerprint density at radius 1 is 1.56 bits per heavy atom. The fourth-order valence-electron chi connectivity index (χ4n) is 2.00. The number of hydrogen-bond acceptors (Lipinski definition) is 4. The first kappa shape index (κ1) is 13.1. The van der Waals surface area contributed by atoms with Crippen molar-refractivity contribution in [2.75, 3.05) is 25.0 Å². The summed E-state index contributed by atoms with van der Waals surface area (Å²) >= 11 is 0. The Morgan fingerprint density at radius 3 is 2.78 bits per heavy atom. The molecule has 1 aromatic rings. The van der Waals surface area contributed by atoms with E-state index < -0.39 is 0 Å². The van der Waals surface area contributed by atoms with Gasteiger partial charge in [0.25, 0.3) is 5.56 Å². The predicted octanol–water partition coefficient (Wildman–Crippen LogP) is 1.07. The molecule has 1 heterocycles. The molecule has 5 nitrogen and oxygen atoms in total. The zero-order valence-corrected chi connectivity index (χ0v) is 11.4. The standard InChI is InChI=1S/C13H22N4O/c1-13(2,7-14)8-17(3)10-6-11(18)16-12(15-10)9-4-5-9/h6,9H,4-5,7-8,14H2,1-3H3,(H,15,16,18). The Labute approximate surface area is 107 Å². The maximum atomic E-state index is 11.6.